The Bertz CT molecular complexity index is 284. The molecule has 0 aliphatic rings. The number of hydrogen-bond acceptors (Lipinski definition) is 3. The Kier molecular flexibility index (Phi) is 8.00. The minimum atomic E-state index is -3.23. The standard InChI is InChI=1S/C12H27NO3S/c1-5-12(6-2)13(10-11(3)4)17(15,16)9-7-8-14/h11-12,14H,5-10H2,1-4H3. The van der Waals surface area contributed by atoms with Gasteiger partial charge in [-0.1, -0.05) is 27.7 Å². The summed E-state index contributed by atoms with van der Waals surface area (Å²) in [5, 5.41) is 8.76. The van der Waals surface area contributed by atoms with Crippen LogP contribution < -0.4 is 0 Å². The van der Waals surface area contributed by atoms with Crippen LogP contribution in [0, 0.1) is 5.92 Å². The fraction of sp³-hybridized carbons (Fsp3) is 1.00. The zero-order chi connectivity index (χ0) is 13.5. The highest BCUT2D eigenvalue weighted by atomic mass is 32.2. The van der Waals surface area contributed by atoms with E-state index in [2.05, 4.69) is 0 Å². The SMILES string of the molecule is CCC(CC)N(CC(C)C)S(=O)(=O)CCCO. The van der Waals surface area contributed by atoms with Gasteiger partial charge in [-0.15, -0.1) is 0 Å². The Morgan fingerprint density at radius 1 is 1.18 bits per heavy atom. The molecule has 0 fully saturated rings. The second-order valence-electron chi connectivity index (χ2n) is 4.83. The molecule has 0 aromatic heterocycles. The maximum absolute atomic E-state index is 12.2. The average Bonchev–Trinajstić information content (AvgIpc) is 2.26. The Balaban J connectivity index is 4.88. The van der Waals surface area contributed by atoms with Gasteiger partial charge in [0.2, 0.25) is 10.0 Å². The summed E-state index contributed by atoms with van der Waals surface area (Å²) in [6, 6.07) is 0.0843. The van der Waals surface area contributed by atoms with E-state index in [-0.39, 0.29) is 18.4 Å². The second kappa shape index (κ2) is 8.06. The summed E-state index contributed by atoms with van der Waals surface area (Å²) in [5.74, 6) is 0.367. The third-order valence-electron chi connectivity index (χ3n) is 2.81. The highest BCUT2D eigenvalue weighted by Crippen LogP contribution is 2.17. The van der Waals surface area contributed by atoms with Crippen LogP contribution in [0.1, 0.15) is 47.0 Å². The summed E-state index contributed by atoms with van der Waals surface area (Å²) in [4.78, 5) is 0. The van der Waals surface area contributed by atoms with Gasteiger partial charge in [-0.3, -0.25) is 0 Å². The predicted molar refractivity (Wildman–Crippen MR) is 71.4 cm³/mol. The Labute approximate surface area is 106 Å². The van der Waals surface area contributed by atoms with Gasteiger partial charge in [0.05, 0.1) is 5.75 Å². The molecule has 0 amide bonds. The first kappa shape index (κ1) is 16.9. The summed E-state index contributed by atoms with van der Waals surface area (Å²) in [6.45, 7) is 8.58. The molecule has 17 heavy (non-hydrogen) atoms. The molecule has 0 aromatic carbocycles. The second-order valence-corrected chi connectivity index (χ2v) is 6.87. The van der Waals surface area contributed by atoms with Gasteiger partial charge >= 0.3 is 0 Å². The highest BCUT2D eigenvalue weighted by Gasteiger charge is 2.27. The summed E-state index contributed by atoms with van der Waals surface area (Å²) in [6.07, 6.45) is 1.99. The molecule has 0 unspecified atom stereocenters. The van der Waals surface area contributed by atoms with Crippen LogP contribution in [0.2, 0.25) is 0 Å². The van der Waals surface area contributed by atoms with Gasteiger partial charge in [-0.05, 0) is 25.2 Å². The van der Waals surface area contributed by atoms with Crippen molar-refractivity contribution in [3.05, 3.63) is 0 Å². The summed E-state index contributed by atoms with van der Waals surface area (Å²) in [5.41, 5.74) is 0. The largest absolute Gasteiger partial charge is 0.396 e. The van der Waals surface area contributed by atoms with Crippen LogP contribution >= 0.6 is 0 Å². The van der Waals surface area contributed by atoms with Crippen LogP contribution in [0.25, 0.3) is 0 Å². The molecule has 0 bridgehead atoms. The van der Waals surface area contributed by atoms with Crippen molar-refractivity contribution in [3.63, 3.8) is 0 Å². The van der Waals surface area contributed by atoms with Gasteiger partial charge < -0.3 is 5.11 Å². The van der Waals surface area contributed by atoms with E-state index >= 15 is 0 Å². The Morgan fingerprint density at radius 2 is 1.71 bits per heavy atom. The van der Waals surface area contributed by atoms with E-state index in [1.54, 1.807) is 4.31 Å². The van der Waals surface area contributed by atoms with Crippen molar-refractivity contribution in [1.29, 1.82) is 0 Å². The monoisotopic (exact) mass is 265 g/mol. The van der Waals surface area contributed by atoms with Crippen LogP contribution in [-0.2, 0) is 10.0 Å². The van der Waals surface area contributed by atoms with Gasteiger partial charge in [0.1, 0.15) is 0 Å². The lowest BCUT2D eigenvalue weighted by molar-refractivity contribution is 0.270. The van der Waals surface area contributed by atoms with Gasteiger partial charge in [0, 0.05) is 19.2 Å². The van der Waals surface area contributed by atoms with Crippen molar-refractivity contribution in [2.75, 3.05) is 18.9 Å². The van der Waals surface area contributed by atoms with Crippen LogP contribution in [0.3, 0.4) is 0 Å². The molecular formula is C12H27NO3S. The van der Waals surface area contributed by atoms with Crippen LogP contribution in [-0.4, -0.2) is 42.8 Å². The van der Waals surface area contributed by atoms with E-state index in [4.69, 9.17) is 5.11 Å². The third kappa shape index (κ3) is 5.84. The van der Waals surface area contributed by atoms with Gasteiger partial charge in [0.15, 0.2) is 0 Å². The quantitative estimate of drug-likeness (QED) is 0.692. The molecule has 104 valence electrons. The number of aliphatic hydroxyl groups excluding tert-OH is 1. The molecule has 0 rings (SSSR count). The number of hydrogen-bond donors (Lipinski definition) is 1. The van der Waals surface area contributed by atoms with Crippen LogP contribution in [0.15, 0.2) is 0 Å². The van der Waals surface area contributed by atoms with E-state index in [1.807, 2.05) is 27.7 Å². The fourth-order valence-electron chi connectivity index (χ4n) is 1.91. The lowest BCUT2D eigenvalue weighted by Gasteiger charge is -2.31. The first-order chi connectivity index (χ1) is 7.88. The molecule has 0 radical (unpaired) electrons. The van der Waals surface area contributed by atoms with Crippen LogP contribution in [0.4, 0.5) is 0 Å². The van der Waals surface area contributed by atoms with Gasteiger partial charge in [-0.2, -0.15) is 4.31 Å². The van der Waals surface area contributed by atoms with Crippen molar-refractivity contribution < 1.29 is 13.5 Å². The average molecular weight is 265 g/mol. The smallest absolute Gasteiger partial charge is 0.214 e. The van der Waals surface area contributed by atoms with E-state index in [1.165, 1.54) is 0 Å². The molecule has 0 aromatic rings. The number of nitrogens with zero attached hydrogens (tertiary/aromatic N) is 1. The van der Waals surface area contributed by atoms with E-state index < -0.39 is 10.0 Å². The molecule has 0 aliphatic heterocycles. The molecule has 4 nitrogen and oxygen atoms in total. The summed E-state index contributed by atoms with van der Waals surface area (Å²) < 4.78 is 26.0. The van der Waals surface area contributed by atoms with E-state index in [9.17, 15) is 8.42 Å². The number of aliphatic hydroxyl groups is 1. The van der Waals surface area contributed by atoms with Crippen molar-refractivity contribution in [2.24, 2.45) is 5.92 Å². The van der Waals surface area contributed by atoms with E-state index in [0.717, 1.165) is 12.8 Å². The Morgan fingerprint density at radius 3 is 2.06 bits per heavy atom. The molecule has 1 N–H and O–H groups in total. The highest BCUT2D eigenvalue weighted by molar-refractivity contribution is 7.89. The maximum Gasteiger partial charge on any atom is 0.214 e. The minimum absolute atomic E-state index is 0.0483. The first-order valence-corrected chi connectivity index (χ1v) is 8.10. The molecule has 5 heteroatoms. The molecular weight excluding hydrogens is 238 g/mol. The van der Waals surface area contributed by atoms with Gasteiger partial charge in [-0.25, -0.2) is 8.42 Å². The molecule has 0 spiro atoms. The topological polar surface area (TPSA) is 57.6 Å². The van der Waals surface area contributed by atoms with Crippen molar-refractivity contribution in [1.82, 2.24) is 4.31 Å². The maximum atomic E-state index is 12.2. The molecule has 0 atom stereocenters. The molecule has 0 aliphatic carbocycles. The predicted octanol–water partition coefficient (Wildman–Crippen LogP) is 1.85. The van der Waals surface area contributed by atoms with Gasteiger partial charge in [0.25, 0.3) is 0 Å². The van der Waals surface area contributed by atoms with Crippen molar-refractivity contribution >= 4 is 10.0 Å². The number of rotatable bonds is 9. The van der Waals surface area contributed by atoms with E-state index in [0.29, 0.717) is 18.9 Å². The van der Waals surface area contributed by atoms with Crippen molar-refractivity contribution in [2.45, 2.75) is 53.0 Å². The zero-order valence-corrected chi connectivity index (χ0v) is 12.3. The Hall–Kier alpha value is -0.130. The fourth-order valence-corrected chi connectivity index (χ4v) is 3.92. The third-order valence-corrected chi connectivity index (χ3v) is 4.78. The van der Waals surface area contributed by atoms with Crippen LogP contribution in [0.5, 0.6) is 0 Å². The lowest BCUT2D eigenvalue weighted by atomic mass is 10.1. The van der Waals surface area contributed by atoms with Crippen molar-refractivity contribution in [3.8, 4) is 0 Å². The molecule has 0 saturated heterocycles. The lowest BCUT2D eigenvalue weighted by Crippen LogP contribution is -2.43. The summed E-state index contributed by atoms with van der Waals surface area (Å²) in [7, 11) is -3.23. The minimum Gasteiger partial charge on any atom is -0.396 e. The number of sulfonamides is 1. The zero-order valence-electron chi connectivity index (χ0n) is 11.5. The molecule has 0 saturated carbocycles. The normalized spacial score (nSPS) is 12.9. The molecule has 0 heterocycles. The first-order valence-electron chi connectivity index (χ1n) is 6.49. The summed E-state index contributed by atoms with van der Waals surface area (Å²) >= 11 is 0.